The van der Waals surface area contributed by atoms with Crippen LogP contribution in [0, 0.1) is 5.41 Å². The number of ether oxygens (including phenoxy) is 1. The Kier molecular flexibility index (Phi) is 4.83. The maximum Gasteiger partial charge on any atom is 0.387 e. The molecule has 114 valence electrons. The van der Waals surface area contributed by atoms with Gasteiger partial charge in [-0.05, 0) is 37.3 Å². The van der Waals surface area contributed by atoms with Gasteiger partial charge in [-0.1, -0.05) is 6.07 Å². The molecule has 0 saturated heterocycles. The highest BCUT2D eigenvalue weighted by molar-refractivity contribution is 6.03. The normalized spacial score (nSPS) is 10.4. The van der Waals surface area contributed by atoms with E-state index in [1.165, 1.54) is 12.1 Å². The van der Waals surface area contributed by atoms with Crippen molar-refractivity contribution < 1.29 is 18.3 Å². The molecule has 4 nitrogen and oxygen atoms in total. The average Bonchev–Trinajstić information content (AvgIpc) is 2.47. The Morgan fingerprint density at radius 3 is 2.68 bits per heavy atom. The molecule has 0 heterocycles. The highest BCUT2D eigenvalue weighted by atomic mass is 19.3. The minimum absolute atomic E-state index is 0.0395. The number of alkyl halides is 2. The first-order chi connectivity index (χ1) is 10.5. The second-order valence-corrected chi connectivity index (χ2v) is 4.58. The van der Waals surface area contributed by atoms with Crippen LogP contribution >= 0.6 is 0 Å². The summed E-state index contributed by atoms with van der Waals surface area (Å²) in [5.74, 6) is 0.0395. The zero-order valence-electron chi connectivity index (χ0n) is 11.8. The topological polar surface area (TPSA) is 62.2 Å². The Hall–Kier alpha value is -2.76. The van der Waals surface area contributed by atoms with Gasteiger partial charge in [-0.15, -0.1) is 0 Å². The Labute approximate surface area is 126 Å². The minimum atomic E-state index is -2.89. The third kappa shape index (κ3) is 3.88. The third-order valence-electron chi connectivity index (χ3n) is 2.92. The van der Waals surface area contributed by atoms with Crippen molar-refractivity contribution in [3.8, 4) is 5.75 Å². The summed E-state index contributed by atoms with van der Waals surface area (Å²) in [6, 6.07) is 11.0. The number of carbonyl (C=O) groups is 1. The van der Waals surface area contributed by atoms with E-state index in [2.05, 4.69) is 10.1 Å². The molecule has 0 radical (unpaired) electrons. The Bertz CT molecular complexity index is 702. The number of aldehydes is 1. The maximum atomic E-state index is 12.2. The molecule has 0 aliphatic rings. The number of hydrogen-bond acceptors (Lipinski definition) is 4. The largest absolute Gasteiger partial charge is 0.435 e. The lowest BCUT2D eigenvalue weighted by Crippen LogP contribution is -2.03. The van der Waals surface area contributed by atoms with Crippen LogP contribution in [-0.4, -0.2) is 18.6 Å². The molecule has 0 atom stereocenters. The first-order valence-electron chi connectivity index (χ1n) is 6.46. The molecule has 0 bridgehead atoms. The van der Waals surface area contributed by atoms with Crippen LogP contribution in [0.4, 0.5) is 20.2 Å². The van der Waals surface area contributed by atoms with Crippen LogP contribution in [0.3, 0.4) is 0 Å². The fourth-order valence-corrected chi connectivity index (χ4v) is 1.96. The number of benzene rings is 2. The second-order valence-electron chi connectivity index (χ2n) is 4.58. The van der Waals surface area contributed by atoms with E-state index in [4.69, 9.17) is 5.41 Å². The molecule has 2 N–H and O–H groups in total. The summed E-state index contributed by atoms with van der Waals surface area (Å²) in [5.41, 5.74) is 2.45. The molecule has 0 fully saturated rings. The van der Waals surface area contributed by atoms with Crippen LogP contribution in [0.15, 0.2) is 42.5 Å². The predicted molar refractivity (Wildman–Crippen MR) is 80.7 cm³/mol. The SMILES string of the molecule is CC(=N)c1cc(C=O)ccc1Nc1cccc(OC(F)F)c1. The summed E-state index contributed by atoms with van der Waals surface area (Å²) < 4.78 is 28.8. The number of hydrogen-bond donors (Lipinski definition) is 2. The van der Waals surface area contributed by atoms with Crippen LogP contribution in [0.25, 0.3) is 0 Å². The molecule has 0 spiro atoms. The summed E-state index contributed by atoms with van der Waals surface area (Å²) >= 11 is 0. The van der Waals surface area contributed by atoms with Crippen LogP contribution in [0.1, 0.15) is 22.8 Å². The van der Waals surface area contributed by atoms with Crippen molar-refractivity contribution in [3.05, 3.63) is 53.6 Å². The summed E-state index contributed by atoms with van der Waals surface area (Å²) in [6.45, 7) is -1.28. The quantitative estimate of drug-likeness (QED) is 0.620. The molecule has 2 aromatic rings. The van der Waals surface area contributed by atoms with Crippen LogP contribution in [-0.2, 0) is 0 Å². The first kappa shape index (κ1) is 15.6. The number of halogens is 2. The number of anilines is 2. The van der Waals surface area contributed by atoms with Gasteiger partial charge in [0.05, 0.1) is 0 Å². The molecule has 22 heavy (non-hydrogen) atoms. The van der Waals surface area contributed by atoms with Crippen LogP contribution in [0.2, 0.25) is 0 Å². The standard InChI is InChI=1S/C16H14F2N2O2/c1-10(19)14-7-11(9-21)5-6-15(14)20-12-3-2-4-13(8-12)22-16(17)18/h2-9,16,19-20H,1H3. The molecular formula is C16H14F2N2O2. The summed E-state index contributed by atoms with van der Waals surface area (Å²) in [4.78, 5) is 10.8. The first-order valence-corrected chi connectivity index (χ1v) is 6.46. The monoisotopic (exact) mass is 304 g/mol. The molecule has 2 aromatic carbocycles. The Morgan fingerprint density at radius 1 is 1.27 bits per heavy atom. The molecule has 0 amide bonds. The predicted octanol–water partition coefficient (Wildman–Crippen LogP) is 4.23. The van der Waals surface area contributed by atoms with E-state index in [0.29, 0.717) is 28.8 Å². The van der Waals surface area contributed by atoms with Gasteiger partial charge in [-0.3, -0.25) is 4.79 Å². The van der Waals surface area contributed by atoms with Gasteiger partial charge in [-0.25, -0.2) is 0 Å². The molecule has 6 heteroatoms. The fraction of sp³-hybridized carbons (Fsp3) is 0.125. The van der Waals surface area contributed by atoms with Crippen molar-refractivity contribution in [2.75, 3.05) is 5.32 Å². The van der Waals surface area contributed by atoms with Crippen molar-refractivity contribution in [2.45, 2.75) is 13.5 Å². The van der Waals surface area contributed by atoms with Crippen molar-refractivity contribution in [3.63, 3.8) is 0 Å². The molecular weight excluding hydrogens is 290 g/mol. The zero-order valence-corrected chi connectivity index (χ0v) is 11.8. The smallest absolute Gasteiger partial charge is 0.387 e. The highest BCUT2D eigenvalue weighted by Crippen LogP contribution is 2.25. The zero-order chi connectivity index (χ0) is 16.1. The second kappa shape index (κ2) is 6.80. The van der Waals surface area contributed by atoms with E-state index in [1.54, 1.807) is 37.3 Å². The van der Waals surface area contributed by atoms with Crippen molar-refractivity contribution >= 4 is 23.4 Å². The Balaban J connectivity index is 2.30. The minimum Gasteiger partial charge on any atom is -0.435 e. The van der Waals surface area contributed by atoms with Crippen molar-refractivity contribution in [2.24, 2.45) is 0 Å². The lowest BCUT2D eigenvalue weighted by Gasteiger charge is -2.13. The van der Waals surface area contributed by atoms with Crippen LogP contribution < -0.4 is 10.1 Å². The highest BCUT2D eigenvalue weighted by Gasteiger charge is 2.08. The van der Waals surface area contributed by atoms with E-state index in [0.717, 1.165) is 0 Å². The van der Waals surface area contributed by atoms with Gasteiger partial charge in [0.2, 0.25) is 0 Å². The third-order valence-corrected chi connectivity index (χ3v) is 2.92. The van der Waals surface area contributed by atoms with E-state index in [1.807, 2.05) is 0 Å². The van der Waals surface area contributed by atoms with Gasteiger partial charge in [0.25, 0.3) is 0 Å². The van der Waals surface area contributed by atoms with E-state index in [-0.39, 0.29) is 11.5 Å². The van der Waals surface area contributed by atoms with E-state index >= 15 is 0 Å². The summed E-state index contributed by atoms with van der Waals surface area (Å²) in [5, 5.41) is 10.8. The maximum absolute atomic E-state index is 12.2. The lowest BCUT2D eigenvalue weighted by atomic mass is 10.1. The van der Waals surface area contributed by atoms with Gasteiger partial charge < -0.3 is 15.5 Å². The number of carbonyl (C=O) groups excluding carboxylic acids is 1. The van der Waals surface area contributed by atoms with Crippen molar-refractivity contribution in [1.29, 1.82) is 5.41 Å². The molecule has 0 aliphatic heterocycles. The van der Waals surface area contributed by atoms with Crippen LogP contribution in [0.5, 0.6) is 5.75 Å². The molecule has 0 saturated carbocycles. The Morgan fingerprint density at radius 2 is 2.05 bits per heavy atom. The molecule has 0 aliphatic carbocycles. The lowest BCUT2D eigenvalue weighted by molar-refractivity contribution is -0.0498. The van der Waals surface area contributed by atoms with Crippen molar-refractivity contribution in [1.82, 2.24) is 0 Å². The summed E-state index contributed by atoms with van der Waals surface area (Å²) in [6.07, 6.45) is 0.702. The van der Waals surface area contributed by atoms with Gasteiger partial charge >= 0.3 is 6.61 Å². The molecule has 0 unspecified atom stereocenters. The average molecular weight is 304 g/mol. The van der Waals surface area contributed by atoms with Gasteiger partial charge in [0.15, 0.2) is 0 Å². The van der Waals surface area contributed by atoms with E-state index < -0.39 is 6.61 Å². The van der Waals surface area contributed by atoms with Gasteiger partial charge in [-0.2, -0.15) is 8.78 Å². The number of rotatable bonds is 6. The van der Waals surface area contributed by atoms with Gasteiger partial charge in [0.1, 0.15) is 12.0 Å². The fourth-order valence-electron chi connectivity index (χ4n) is 1.96. The molecule has 2 rings (SSSR count). The molecule has 0 aromatic heterocycles. The summed E-state index contributed by atoms with van der Waals surface area (Å²) in [7, 11) is 0. The van der Waals surface area contributed by atoms with E-state index in [9.17, 15) is 13.6 Å². The number of nitrogens with one attached hydrogen (secondary N) is 2. The van der Waals surface area contributed by atoms with Gasteiger partial charge in [0, 0.05) is 34.3 Å².